The number of ether oxygens (including phenoxy) is 1. The van der Waals surface area contributed by atoms with E-state index in [1.807, 2.05) is 69.0 Å². The number of anilines is 1. The van der Waals surface area contributed by atoms with Crippen LogP contribution in [0.2, 0.25) is 0 Å². The van der Waals surface area contributed by atoms with Crippen LogP contribution in [0.25, 0.3) is 33.0 Å². The average molecular weight is 967 g/mol. The van der Waals surface area contributed by atoms with Crippen molar-refractivity contribution in [1.82, 2.24) is 45.4 Å². The molecule has 0 aliphatic carbocycles. The first-order valence-electron chi connectivity index (χ1n) is 23.7. The molecule has 69 heavy (non-hydrogen) atoms. The molecule has 19 heteroatoms. The predicted octanol–water partition coefficient (Wildman–Crippen LogP) is 6.15. The summed E-state index contributed by atoms with van der Waals surface area (Å²) in [6, 6.07) is 7.05. The number of Topliss-reactive ketones (excluding diaryl/α,β-unsaturated/α-hetero) is 1. The number of fused-ring (bicyclic) bond motifs is 1. The van der Waals surface area contributed by atoms with Crippen molar-refractivity contribution in [3.05, 3.63) is 52.9 Å². The molecule has 0 bridgehead atoms. The van der Waals surface area contributed by atoms with E-state index in [0.29, 0.717) is 60.8 Å². The summed E-state index contributed by atoms with van der Waals surface area (Å²) < 4.78 is 12.9. The molecule has 370 valence electrons. The number of thiazole rings is 1. The fourth-order valence-corrected chi connectivity index (χ4v) is 9.13. The van der Waals surface area contributed by atoms with Crippen molar-refractivity contribution in [2.75, 3.05) is 25.4 Å². The fourth-order valence-electron chi connectivity index (χ4n) is 8.32. The third kappa shape index (κ3) is 14.0. The molecule has 4 aromatic heterocycles. The van der Waals surface area contributed by atoms with Crippen LogP contribution in [0, 0.1) is 30.1 Å². The van der Waals surface area contributed by atoms with Crippen molar-refractivity contribution in [2.45, 2.75) is 144 Å². The Balaban J connectivity index is 0.890. The maximum absolute atomic E-state index is 14.1. The van der Waals surface area contributed by atoms with Gasteiger partial charge in [0.25, 0.3) is 0 Å². The first kappa shape index (κ1) is 52.1. The number of hydrogen-bond acceptors (Lipinski definition) is 15. The van der Waals surface area contributed by atoms with Crippen molar-refractivity contribution in [3.8, 4) is 39.5 Å². The SMILES string of the molecule is CCn1c(-c2nonc2N)nc2c(C#CC(C)(C)O)ncc(OCCCCCCCC(=O)NCCCC(=O)C[C@H](C(=O)N3C[C@H](O)C[C@H]3C(=O)NCc3ccc(-c4scnc4C)cc3)C(C)(C)C)c21. The highest BCUT2D eigenvalue weighted by atomic mass is 32.1. The van der Waals surface area contributed by atoms with Gasteiger partial charge in [0, 0.05) is 57.8 Å². The number of carbonyl (C=O) groups excluding carboxylic acids is 4. The number of imidazole rings is 1. The number of hydrogen-bond donors (Lipinski definition) is 5. The first-order chi connectivity index (χ1) is 32.8. The molecule has 1 fully saturated rings. The zero-order valence-corrected chi connectivity index (χ0v) is 41.6. The number of carbonyl (C=O) groups is 4. The molecule has 5 aromatic rings. The number of aryl methyl sites for hydroxylation is 2. The van der Waals surface area contributed by atoms with E-state index in [4.69, 9.17) is 20.1 Å². The minimum Gasteiger partial charge on any atom is -0.490 e. The maximum Gasteiger partial charge on any atom is 0.243 e. The Labute approximate surface area is 407 Å². The van der Waals surface area contributed by atoms with Gasteiger partial charge >= 0.3 is 0 Å². The molecule has 0 unspecified atom stereocenters. The smallest absolute Gasteiger partial charge is 0.243 e. The van der Waals surface area contributed by atoms with Gasteiger partial charge in [-0.05, 0) is 79.7 Å². The van der Waals surface area contributed by atoms with Crippen LogP contribution in [0.3, 0.4) is 0 Å². The number of nitrogens with two attached hydrogens (primary N) is 1. The summed E-state index contributed by atoms with van der Waals surface area (Å²) in [5.41, 5.74) is 10.7. The van der Waals surface area contributed by atoms with Crippen LogP contribution in [-0.4, -0.2) is 106 Å². The number of unbranched alkanes of at least 4 members (excludes halogenated alkanes) is 4. The molecule has 0 saturated carbocycles. The van der Waals surface area contributed by atoms with Crippen LogP contribution in [0.5, 0.6) is 5.75 Å². The molecule has 0 spiro atoms. The molecule has 6 N–H and O–H groups in total. The number of aliphatic hydroxyl groups excluding tert-OH is 1. The minimum atomic E-state index is -1.23. The Morgan fingerprint density at radius 1 is 1.00 bits per heavy atom. The van der Waals surface area contributed by atoms with E-state index in [9.17, 15) is 29.4 Å². The van der Waals surface area contributed by atoms with Gasteiger partial charge in [-0.15, -0.1) is 11.3 Å². The van der Waals surface area contributed by atoms with Crippen LogP contribution in [0.1, 0.15) is 123 Å². The molecule has 1 aliphatic rings. The molecule has 1 aromatic carbocycles. The number of aromatic nitrogens is 6. The van der Waals surface area contributed by atoms with Crippen LogP contribution in [0.15, 0.2) is 40.6 Å². The topological polar surface area (TPSA) is 254 Å². The highest BCUT2D eigenvalue weighted by Crippen LogP contribution is 2.35. The van der Waals surface area contributed by atoms with E-state index < -0.39 is 29.1 Å². The lowest BCUT2D eigenvalue weighted by molar-refractivity contribution is -0.146. The number of nitrogen functional groups attached to an aromatic ring is 1. The number of rotatable bonds is 22. The molecular formula is C50H66N10O8S. The summed E-state index contributed by atoms with van der Waals surface area (Å²) >= 11 is 1.57. The van der Waals surface area contributed by atoms with Crippen molar-refractivity contribution in [1.29, 1.82) is 0 Å². The van der Waals surface area contributed by atoms with Gasteiger partial charge in [0.05, 0.1) is 35.0 Å². The van der Waals surface area contributed by atoms with E-state index in [0.717, 1.165) is 53.8 Å². The van der Waals surface area contributed by atoms with Gasteiger partial charge in [0.15, 0.2) is 23.1 Å². The van der Waals surface area contributed by atoms with Gasteiger partial charge in [-0.25, -0.2) is 19.6 Å². The van der Waals surface area contributed by atoms with E-state index in [1.165, 1.54) is 4.90 Å². The Morgan fingerprint density at radius 2 is 1.74 bits per heavy atom. The second-order valence-corrected chi connectivity index (χ2v) is 20.1. The van der Waals surface area contributed by atoms with Gasteiger partial charge in [-0.2, -0.15) is 0 Å². The molecule has 5 heterocycles. The van der Waals surface area contributed by atoms with Crippen LogP contribution >= 0.6 is 11.3 Å². The number of ketones is 1. The average Bonchev–Trinajstić information content (AvgIpc) is 4.11. The molecule has 3 amide bonds. The Bertz CT molecular complexity index is 2630. The van der Waals surface area contributed by atoms with Crippen molar-refractivity contribution < 1.29 is 38.8 Å². The standard InChI is InChI=1S/C50H66N10O8S/c1-8-59-43-39(28-53-37(21-22-50(6,7)66)41(43)56-46(59)42-45(51)58-68-57-42)67-24-13-11-9-10-12-16-40(63)52-23-14-15-34(61)25-36(49(3,4)5)48(65)60-29-35(62)26-38(60)47(64)54-27-32-17-19-33(20-18-32)44-31(2)55-30-69-44/h17-20,28,30,35-36,38,62,66H,8-16,23-27,29H2,1-7H3,(H2,51,58)(H,52,63)(H,54,64)/t35-,36-,38+/m1/s1. The summed E-state index contributed by atoms with van der Waals surface area (Å²) in [4.78, 5) is 69.5. The normalized spacial score (nSPS) is 15.5. The van der Waals surface area contributed by atoms with E-state index >= 15 is 0 Å². The summed E-state index contributed by atoms with van der Waals surface area (Å²) in [7, 11) is 0. The molecule has 3 atom stereocenters. The third-order valence-corrected chi connectivity index (χ3v) is 13.1. The number of aliphatic hydroxyl groups is 2. The number of likely N-dealkylation sites (tertiary alicyclic amines) is 1. The largest absolute Gasteiger partial charge is 0.490 e. The van der Waals surface area contributed by atoms with Gasteiger partial charge in [0.1, 0.15) is 34.2 Å². The molecule has 0 radical (unpaired) electrons. The highest BCUT2D eigenvalue weighted by molar-refractivity contribution is 7.13. The Morgan fingerprint density at radius 3 is 2.41 bits per heavy atom. The monoisotopic (exact) mass is 966 g/mol. The summed E-state index contributed by atoms with van der Waals surface area (Å²) in [5.74, 6) is 5.25. The second-order valence-electron chi connectivity index (χ2n) is 19.2. The van der Waals surface area contributed by atoms with Crippen LogP contribution in [-0.2, 0) is 32.3 Å². The highest BCUT2D eigenvalue weighted by Gasteiger charge is 2.44. The lowest BCUT2D eigenvalue weighted by Crippen LogP contribution is -2.50. The first-order valence-corrected chi connectivity index (χ1v) is 24.6. The number of β-amino-alcohol motifs (C(OH)–C–C–N with tert-alkyl or cyclic N) is 1. The number of nitrogens with zero attached hydrogens (tertiary/aromatic N) is 7. The van der Waals surface area contributed by atoms with Crippen LogP contribution < -0.4 is 21.1 Å². The number of pyridine rings is 1. The molecule has 1 aliphatic heterocycles. The number of amides is 3. The number of nitrogens with one attached hydrogen (secondary N) is 2. The molecule has 6 rings (SSSR count). The lowest BCUT2D eigenvalue weighted by atomic mass is 9.76. The predicted molar refractivity (Wildman–Crippen MR) is 262 cm³/mol. The quantitative estimate of drug-likeness (QED) is 0.0385. The second kappa shape index (κ2) is 23.4. The van der Waals surface area contributed by atoms with Gasteiger partial charge in [-0.1, -0.05) is 70.2 Å². The zero-order valence-electron chi connectivity index (χ0n) is 40.8. The maximum atomic E-state index is 14.1. The lowest BCUT2D eigenvalue weighted by Gasteiger charge is -2.34. The van der Waals surface area contributed by atoms with Crippen LogP contribution in [0.4, 0.5) is 5.82 Å². The van der Waals surface area contributed by atoms with E-state index in [1.54, 1.807) is 31.4 Å². The number of benzene rings is 1. The third-order valence-electron chi connectivity index (χ3n) is 12.1. The van der Waals surface area contributed by atoms with Crippen molar-refractivity contribution in [2.24, 2.45) is 11.3 Å². The minimum absolute atomic E-state index is 0.00223. The van der Waals surface area contributed by atoms with Gasteiger partial charge < -0.3 is 40.8 Å². The Hall–Kier alpha value is -6.23. The summed E-state index contributed by atoms with van der Waals surface area (Å²) in [6.07, 6.45) is 6.08. The van der Waals surface area contributed by atoms with Gasteiger partial charge in [0.2, 0.25) is 17.7 Å². The fraction of sp³-hybridized carbons (Fsp3) is 0.540. The van der Waals surface area contributed by atoms with Gasteiger partial charge in [-0.3, -0.25) is 19.2 Å². The van der Waals surface area contributed by atoms with Crippen molar-refractivity contribution in [3.63, 3.8) is 0 Å². The molecule has 1 saturated heterocycles. The Kier molecular flexibility index (Phi) is 17.7. The molecule has 18 nitrogen and oxygen atoms in total. The zero-order chi connectivity index (χ0) is 49.9. The molecular weight excluding hydrogens is 901 g/mol. The van der Waals surface area contributed by atoms with Crippen molar-refractivity contribution >= 4 is 51.7 Å². The summed E-state index contributed by atoms with van der Waals surface area (Å²) in [5, 5.41) is 34.3. The summed E-state index contributed by atoms with van der Waals surface area (Å²) in [6.45, 7) is 14.4. The van der Waals surface area contributed by atoms with E-state index in [2.05, 4.69) is 42.8 Å². The van der Waals surface area contributed by atoms with E-state index in [-0.39, 0.29) is 67.4 Å².